The van der Waals surface area contributed by atoms with Gasteiger partial charge in [0, 0.05) is 55.9 Å². The van der Waals surface area contributed by atoms with Crippen molar-refractivity contribution < 1.29 is 9.53 Å². The number of hydrogen-bond acceptors (Lipinski definition) is 5. The van der Waals surface area contributed by atoms with E-state index in [9.17, 15) is 4.79 Å². The molecule has 0 saturated carbocycles. The lowest BCUT2D eigenvalue weighted by Gasteiger charge is -2.32. The molecule has 1 amide bonds. The molecule has 25 heavy (non-hydrogen) atoms. The molecule has 0 radical (unpaired) electrons. The van der Waals surface area contributed by atoms with E-state index < -0.39 is 0 Å². The molecule has 0 bridgehead atoms. The smallest absolute Gasteiger partial charge is 0.407 e. The third-order valence-electron chi connectivity index (χ3n) is 4.36. The van der Waals surface area contributed by atoms with Gasteiger partial charge in [-0.1, -0.05) is 0 Å². The molecule has 1 saturated heterocycles. The van der Waals surface area contributed by atoms with Crippen LogP contribution in [-0.2, 0) is 18.3 Å². The molecule has 134 valence electrons. The Bertz CT molecular complexity index is 701. The van der Waals surface area contributed by atoms with E-state index in [1.54, 1.807) is 12.4 Å². The van der Waals surface area contributed by atoms with E-state index >= 15 is 0 Å². The number of pyridine rings is 1. The maximum absolute atomic E-state index is 11.6. The molecule has 1 unspecified atom stereocenters. The number of rotatable bonds is 5. The Balaban J connectivity index is 1.67. The van der Waals surface area contributed by atoms with E-state index in [2.05, 4.69) is 26.5 Å². The van der Waals surface area contributed by atoms with Crippen LogP contribution in [0.4, 0.5) is 4.79 Å². The van der Waals surface area contributed by atoms with Crippen molar-refractivity contribution in [1.82, 2.24) is 25.0 Å². The van der Waals surface area contributed by atoms with Crippen LogP contribution >= 0.6 is 0 Å². The highest BCUT2D eigenvalue weighted by Gasteiger charge is 2.23. The van der Waals surface area contributed by atoms with Crippen molar-refractivity contribution in [2.75, 3.05) is 19.7 Å². The fourth-order valence-corrected chi connectivity index (χ4v) is 3.30. The third-order valence-corrected chi connectivity index (χ3v) is 4.36. The molecule has 7 heteroatoms. The highest BCUT2D eigenvalue weighted by molar-refractivity contribution is 5.67. The van der Waals surface area contributed by atoms with Gasteiger partial charge in [0.15, 0.2) is 0 Å². The first kappa shape index (κ1) is 17.4. The number of ether oxygens (including phenoxy) is 1. The maximum atomic E-state index is 11.6. The number of amides is 1. The summed E-state index contributed by atoms with van der Waals surface area (Å²) in [6.45, 7) is 4.87. The van der Waals surface area contributed by atoms with Crippen LogP contribution < -0.4 is 5.32 Å². The molecule has 2 aromatic rings. The Morgan fingerprint density at radius 2 is 2.20 bits per heavy atom. The molecule has 3 rings (SSSR count). The monoisotopic (exact) mass is 343 g/mol. The van der Waals surface area contributed by atoms with Crippen molar-refractivity contribution in [2.24, 2.45) is 7.05 Å². The van der Waals surface area contributed by atoms with Crippen LogP contribution in [0.2, 0.25) is 0 Å². The average molecular weight is 343 g/mol. The number of alkyl carbamates (subject to hydrolysis) is 1. The highest BCUT2D eigenvalue weighted by atomic mass is 16.5. The minimum absolute atomic E-state index is 0.133. The minimum atomic E-state index is -0.326. The van der Waals surface area contributed by atoms with Crippen LogP contribution in [0, 0.1) is 0 Å². The summed E-state index contributed by atoms with van der Waals surface area (Å²) in [5.41, 5.74) is 3.25. The summed E-state index contributed by atoms with van der Waals surface area (Å²) in [5.74, 6) is 0. The van der Waals surface area contributed by atoms with Crippen LogP contribution in [0.15, 0.2) is 30.7 Å². The second-order valence-corrected chi connectivity index (χ2v) is 6.35. The van der Waals surface area contributed by atoms with Gasteiger partial charge in [0.25, 0.3) is 0 Å². The van der Waals surface area contributed by atoms with Gasteiger partial charge in [0.05, 0.1) is 12.3 Å². The van der Waals surface area contributed by atoms with Gasteiger partial charge in [0.2, 0.25) is 0 Å². The molecular weight excluding hydrogens is 318 g/mol. The van der Waals surface area contributed by atoms with Crippen LogP contribution in [0.3, 0.4) is 0 Å². The molecule has 1 aliphatic heterocycles. The first-order valence-electron chi connectivity index (χ1n) is 8.74. The van der Waals surface area contributed by atoms with Crippen LogP contribution in [0.25, 0.3) is 11.3 Å². The predicted octanol–water partition coefficient (Wildman–Crippen LogP) is 2.19. The first-order valence-corrected chi connectivity index (χ1v) is 8.74. The van der Waals surface area contributed by atoms with Gasteiger partial charge in [0.1, 0.15) is 0 Å². The zero-order chi connectivity index (χ0) is 17.6. The topological polar surface area (TPSA) is 72.3 Å². The van der Waals surface area contributed by atoms with Crippen LogP contribution in [0.5, 0.6) is 0 Å². The van der Waals surface area contributed by atoms with Crippen molar-refractivity contribution in [1.29, 1.82) is 0 Å². The lowest BCUT2D eigenvalue weighted by Crippen LogP contribution is -2.47. The molecule has 0 aromatic carbocycles. The average Bonchev–Trinajstić information content (AvgIpc) is 2.96. The van der Waals surface area contributed by atoms with E-state index in [-0.39, 0.29) is 12.1 Å². The maximum Gasteiger partial charge on any atom is 0.407 e. The number of nitrogens with zero attached hydrogens (tertiary/aromatic N) is 4. The zero-order valence-corrected chi connectivity index (χ0v) is 14.8. The fourth-order valence-electron chi connectivity index (χ4n) is 3.30. The number of carbonyl (C=O) groups excluding carboxylic acids is 1. The van der Waals surface area contributed by atoms with Crippen molar-refractivity contribution in [3.8, 4) is 11.3 Å². The van der Waals surface area contributed by atoms with Gasteiger partial charge in [-0.2, -0.15) is 5.10 Å². The summed E-state index contributed by atoms with van der Waals surface area (Å²) < 4.78 is 6.84. The Kier molecular flexibility index (Phi) is 5.65. The van der Waals surface area contributed by atoms with E-state index in [0.717, 1.165) is 43.7 Å². The second kappa shape index (κ2) is 8.11. The molecule has 1 atom stereocenters. The minimum Gasteiger partial charge on any atom is -0.450 e. The van der Waals surface area contributed by atoms with E-state index in [0.29, 0.717) is 6.61 Å². The number of likely N-dealkylation sites (tertiary alicyclic amines) is 1. The highest BCUT2D eigenvalue weighted by Crippen LogP contribution is 2.23. The zero-order valence-electron chi connectivity index (χ0n) is 14.8. The Labute approximate surface area is 148 Å². The van der Waals surface area contributed by atoms with Gasteiger partial charge < -0.3 is 10.1 Å². The standard InChI is InChI=1S/C18H25N5O2/c1-3-25-18(24)20-16-5-4-10-23(13-16)12-15-11-22(2)21-17(15)14-6-8-19-9-7-14/h6-9,11,16H,3-5,10,12-13H2,1-2H3,(H,20,24). The number of carbonyl (C=O) groups is 1. The first-order chi connectivity index (χ1) is 12.2. The van der Waals surface area contributed by atoms with Gasteiger partial charge in [-0.15, -0.1) is 0 Å². The molecular formula is C18H25N5O2. The summed E-state index contributed by atoms with van der Waals surface area (Å²) >= 11 is 0. The number of hydrogen-bond donors (Lipinski definition) is 1. The summed E-state index contributed by atoms with van der Waals surface area (Å²) in [6.07, 6.45) is 7.36. The molecule has 3 heterocycles. The normalized spacial score (nSPS) is 18.1. The molecule has 2 aromatic heterocycles. The van der Waals surface area contributed by atoms with E-state index in [1.807, 2.05) is 30.8 Å². The largest absolute Gasteiger partial charge is 0.450 e. The van der Waals surface area contributed by atoms with Crippen molar-refractivity contribution in [3.63, 3.8) is 0 Å². The van der Waals surface area contributed by atoms with E-state index in [4.69, 9.17) is 4.74 Å². The summed E-state index contributed by atoms with van der Waals surface area (Å²) in [5, 5.41) is 7.57. The Morgan fingerprint density at radius 1 is 1.40 bits per heavy atom. The molecule has 0 spiro atoms. The molecule has 7 nitrogen and oxygen atoms in total. The van der Waals surface area contributed by atoms with E-state index in [1.165, 1.54) is 5.56 Å². The lowest BCUT2D eigenvalue weighted by atomic mass is 10.0. The third kappa shape index (κ3) is 4.57. The Morgan fingerprint density at radius 3 is 2.96 bits per heavy atom. The van der Waals surface area contributed by atoms with Gasteiger partial charge in [-0.05, 0) is 38.4 Å². The molecule has 1 fully saturated rings. The van der Waals surface area contributed by atoms with Crippen molar-refractivity contribution in [2.45, 2.75) is 32.4 Å². The summed E-state index contributed by atoms with van der Waals surface area (Å²) in [7, 11) is 1.94. The fraction of sp³-hybridized carbons (Fsp3) is 0.500. The van der Waals surface area contributed by atoms with Crippen molar-refractivity contribution in [3.05, 3.63) is 36.3 Å². The Hall–Kier alpha value is -2.41. The SMILES string of the molecule is CCOC(=O)NC1CCCN(Cc2cn(C)nc2-c2ccncc2)C1. The van der Waals surface area contributed by atoms with Gasteiger partial charge in [-0.25, -0.2) is 4.79 Å². The lowest BCUT2D eigenvalue weighted by molar-refractivity contribution is 0.132. The quantitative estimate of drug-likeness (QED) is 0.901. The summed E-state index contributed by atoms with van der Waals surface area (Å²) in [4.78, 5) is 18.1. The molecule has 1 aliphatic rings. The van der Waals surface area contributed by atoms with Gasteiger partial charge >= 0.3 is 6.09 Å². The predicted molar refractivity (Wildman–Crippen MR) is 94.9 cm³/mol. The summed E-state index contributed by atoms with van der Waals surface area (Å²) in [6, 6.07) is 4.09. The number of aromatic nitrogens is 3. The van der Waals surface area contributed by atoms with Crippen LogP contribution in [0.1, 0.15) is 25.3 Å². The van der Waals surface area contributed by atoms with Crippen molar-refractivity contribution >= 4 is 6.09 Å². The molecule has 0 aliphatic carbocycles. The second-order valence-electron chi connectivity index (χ2n) is 6.35. The molecule has 1 N–H and O–H groups in total. The van der Waals surface area contributed by atoms with Crippen LogP contribution in [-0.4, -0.2) is 51.5 Å². The number of nitrogens with one attached hydrogen (secondary N) is 1. The number of piperidine rings is 1. The number of aryl methyl sites for hydroxylation is 1. The van der Waals surface area contributed by atoms with Gasteiger partial charge in [-0.3, -0.25) is 14.6 Å².